The van der Waals surface area contributed by atoms with Crippen LogP contribution < -0.4 is 10.5 Å². The molecule has 1 aromatic heterocycles. The van der Waals surface area contributed by atoms with Crippen LogP contribution >= 0.6 is 0 Å². The molecule has 0 bridgehead atoms. The summed E-state index contributed by atoms with van der Waals surface area (Å²) in [5.74, 6) is 1.36. The maximum atomic E-state index is 5.87. The summed E-state index contributed by atoms with van der Waals surface area (Å²) in [4.78, 5) is 0. The van der Waals surface area contributed by atoms with Crippen molar-refractivity contribution >= 4 is 16.7 Å². The van der Waals surface area contributed by atoms with E-state index in [1.54, 1.807) is 12.1 Å². The number of ether oxygens (including phenoxy) is 1. The van der Waals surface area contributed by atoms with E-state index in [9.17, 15) is 0 Å². The molecular formula is C14H13N3O2. The van der Waals surface area contributed by atoms with Crippen molar-refractivity contribution in [2.75, 3.05) is 5.73 Å². The fraction of sp³-hybridized carbons (Fsp3) is 0.143. The molecule has 0 aliphatic carbocycles. The molecule has 2 N–H and O–H groups in total. The van der Waals surface area contributed by atoms with Crippen molar-refractivity contribution in [2.24, 2.45) is 0 Å². The van der Waals surface area contributed by atoms with E-state index in [-0.39, 0.29) is 0 Å². The lowest BCUT2D eigenvalue weighted by Gasteiger charge is -2.09. The van der Waals surface area contributed by atoms with Crippen molar-refractivity contribution in [2.45, 2.75) is 13.8 Å². The zero-order valence-electron chi connectivity index (χ0n) is 10.7. The summed E-state index contributed by atoms with van der Waals surface area (Å²) in [6.45, 7) is 4.04. The first-order chi connectivity index (χ1) is 9.15. The zero-order valence-corrected chi connectivity index (χ0v) is 10.7. The summed E-state index contributed by atoms with van der Waals surface area (Å²) >= 11 is 0. The lowest BCUT2D eigenvalue weighted by Crippen LogP contribution is -1.92. The van der Waals surface area contributed by atoms with E-state index < -0.39 is 0 Å². The minimum Gasteiger partial charge on any atom is -0.455 e. The summed E-state index contributed by atoms with van der Waals surface area (Å²) in [6, 6.07) is 9.48. The summed E-state index contributed by atoms with van der Waals surface area (Å²) < 4.78 is 10.6. The summed E-state index contributed by atoms with van der Waals surface area (Å²) in [7, 11) is 0. The molecule has 0 saturated heterocycles. The van der Waals surface area contributed by atoms with E-state index in [4.69, 9.17) is 15.1 Å². The van der Waals surface area contributed by atoms with Gasteiger partial charge in [-0.15, -0.1) is 0 Å². The van der Waals surface area contributed by atoms with Gasteiger partial charge < -0.3 is 10.5 Å². The highest BCUT2D eigenvalue weighted by Crippen LogP contribution is 2.32. The predicted molar refractivity (Wildman–Crippen MR) is 72.2 cm³/mol. The molecule has 19 heavy (non-hydrogen) atoms. The highest BCUT2D eigenvalue weighted by atomic mass is 16.6. The Morgan fingerprint density at radius 3 is 2.53 bits per heavy atom. The first-order valence-corrected chi connectivity index (χ1v) is 5.91. The Morgan fingerprint density at radius 1 is 1.00 bits per heavy atom. The summed E-state index contributed by atoms with van der Waals surface area (Å²) in [6.07, 6.45) is 0. The van der Waals surface area contributed by atoms with E-state index in [0.29, 0.717) is 22.5 Å². The Labute approximate surface area is 109 Å². The van der Waals surface area contributed by atoms with Crippen molar-refractivity contribution in [3.8, 4) is 11.5 Å². The van der Waals surface area contributed by atoms with Crippen molar-refractivity contribution in [1.82, 2.24) is 10.3 Å². The number of aromatic nitrogens is 2. The Kier molecular flexibility index (Phi) is 2.59. The largest absolute Gasteiger partial charge is 0.455 e. The fourth-order valence-corrected chi connectivity index (χ4v) is 1.98. The second-order valence-electron chi connectivity index (χ2n) is 4.49. The SMILES string of the molecule is Cc1ccc(Oc2ccc(N)c3nonc23)c(C)c1. The van der Waals surface area contributed by atoms with E-state index >= 15 is 0 Å². The third kappa shape index (κ3) is 1.99. The van der Waals surface area contributed by atoms with Gasteiger partial charge in [0, 0.05) is 0 Å². The first kappa shape index (κ1) is 11.5. The molecule has 3 aromatic rings. The molecule has 5 heteroatoms. The van der Waals surface area contributed by atoms with Crippen LogP contribution in [0, 0.1) is 13.8 Å². The van der Waals surface area contributed by atoms with Crippen LogP contribution in [0.25, 0.3) is 11.0 Å². The van der Waals surface area contributed by atoms with Crippen molar-refractivity contribution in [3.05, 3.63) is 41.5 Å². The number of benzene rings is 2. The molecule has 5 nitrogen and oxygen atoms in total. The Morgan fingerprint density at radius 2 is 1.74 bits per heavy atom. The minimum absolute atomic E-state index is 0.516. The molecule has 0 unspecified atom stereocenters. The lowest BCUT2D eigenvalue weighted by atomic mass is 10.1. The van der Waals surface area contributed by atoms with Gasteiger partial charge in [-0.1, -0.05) is 17.7 Å². The van der Waals surface area contributed by atoms with E-state index in [1.807, 2.05) is 26.0 Å². The number of anilines is 1. The molecule has 1 heterocycles. The molecular weight excluding hydrogens is 242 g/mol. The molecule has 0 atom stereocenters. The van der Waals surface area contributed by atoms with Crippen LogP contribution in [0.15, 0.2) is 35.0 Å². The van der Waals surface area contributed by atoms with Crippen molar-refractivity contribution in [3.63, 3.8) is 0 Å². The van der Waals surface area contributed by atoms with Gasteiger partial charge in [0.2, 0.25) is 0 Å². The quantitative estimate of drug-likeness (QED) is 0.712. The fourth-order valence-electron chi connectivity index (χ4n) is 1.98. The van der Waals surface area contributed by atoms with E-state index in [0.717, 1.165) is 11.3 Å². The average molecular weight is 255 g/mol. The number of nitrogen functional groups attached to an aromatic ring is 1. The van der Waals surface area contributed by atoms with Crippen LogP contribution in [-0.2, 0) is 0 Å². The zero-order chi connectivity index (χ0) is 13.4. The van der Waals surface area contributed by atoms with Gasteiger partial charge in [0.1, 0.15) is 5.75 Å². The Bertz CT molecular complexity index is 750. The number of hydrogen-bond acceptors (Lipinski definition) is 5. The Hall–Kier alpha value is -2.56. The Balaban J connectivity index is 2.06. The maximum absolute atomic E-state index is 5.87. The van der Waals surface area contributed by atoms with Crippen molar-refractivity contribution < 1.29 is 9.37 Å². The monoisotopic (exact) mass is 255 g/mol. The van der Waals surface area contributed by atoms with Gasteiger partial charge in [0.05, 0.1) is 5.69 Å². The van der Waals surface area contributed by atoms with Crippen LogP contribution in [0.2, 0.25) is 0 Å². The molecule has 0 radical (unpaired) electrons. The minimum atomic E-state index is 0.516. The van der Waals surface area contributed by atoms with Crippen molar-refractivity contribution in [1.29, 1.82) is 0 Å². The van der Waals surface area contributed by atoms with Gasteiger partial charge in [-0.25, -0.2) is 4.63 Å². The van der Waals surface area contributed by atoms with Crippen LogP contribution in [-0.4, -0.2) is 10.3 Å². The number of nitrogens with zero attached hydrogens (tertiary/aromatic N) is 2. The van der Waals surface area contributed by atoms with E-state index in [2.05, 4.69) is 16.4 Å². The second kappa shape index (κ2) is 4.28. The molecule has 0 amide bonds. The second-order valence-corrected chi connectivity index (χ2v) is 4.49. The van der Waals surface area contributed by atoms with Gasteiger partial charge in [-0.05, 0) is 47.9 Å². The molecule has 0 fully saturated rings. The first-order valence-electron chi connectivity index (χ1n) is 5.91. The van der Waals surface area contributed by atoms with Gasteiger partial charge in [0.15, 0.2) is 16.8 Å². The van der Waals surface area contributed by atoms with Crippen LogP contribution in [0.5, 0.6) is 11.5 Å². The van der Waals surface area contributed by atoms with Crippen LogP contribution in [0.1, 0.15) is 11.1 Å². The highest BCUT2D eigenvalue weighted by Gasteiger charge is 2.12. The number of hydrogen-bond donors (Lipinski definition) is 1. The van der Waals surface area contributed by atoms with Crippen LogP contribution in [0.3, 0.4) is 0 Å². The van der Waals surface area contributed by atoms with E-state index in [1.165, 1.54) is 5.56 Å². The van der Waals surface area contributed by atoms with Gasteiger partial charge in [-0.3, -0.25) is 0 Å². The summed E-state index contributed by atoms with van der Waals surface area (Å²) in [5.41, 5.74) is 9.60. The predicted octanol–water partition coefficient (Wildman–Crippen LogP) is 3.21. The molecule has 0 spiro atoms. The number of aryl methyl sites for hydroxylation is 2. The van der Waals surface area contributed by atoms with Gasteiger partial charge >= 0.3 is 0 Å². The number of rotatable bonds is 2. The van der Waals surface area contributed by atoms with Gasteiger partial charge in [0.25, 0.3) is 0 Å². The molecule has 2 aromatic carbocycles. The third-order valence-electron chi connectivity index (χ3n) is 2.96. The topological polar surface area (TPSA) is 74.2 Å². The lowest BCUT2D eigenvalue weighted by molar-refractivity contribution is 0.314. The molecule has 3 rings (SSSR count). The molecule has 0 saturated carbocycles. The molecule has 0 aliphatic rings. The third-order valence-corrected chi connectivity index (χ3v) is 2.96. The average Bonchev–Trinajstić information content (AvgIpc) is 2.86. The number of fused-ring (bicyclic) bond motifs is 1. The standard InChI is InChI=1S/C14H13N3O2/c1-8-3-5-11(9(2)7-8)18-12-6-4-10(15)13-14(12)17-19-16-13/h3-7H,15H2,1-2H3. The highest BCUT2D eigenvalue weighted by molar-refractivity contribution is 5.90. The van der Waals surface area contributed by atoms with Gasteiger partial charge in [-0.2, -0.15) is 0 Å². The normalized spacial score (nSPS) is 10.8. The maximum Gasteiger partial charge on any atom is 0.179 e. The smallest absolute Gasteiger partial charge is 0.179 e. The molecule has 96 valence electrons. The summed E-state index contributed by atoms with van der Waals surface area (Å²) in [5, 5.41) is 7.60. The van der Waals surface area contributed by atoms with Crippen LogP contribution in [0.4, 0.5) is 5.69 Å². The molecule has 0 aliphatic heterocycles. The number of nitrogens with two attached hydrogens (primary N) is 1.